The summed E-state index contributed by atoms with van der Waals surface area (Å²) in [5.41, 5.74) is 1.23. The van der Waals surface area contributed by atoms with Crippen molar-refractivity contribution in [2.24, 2.45) is 0 Å². The minimum Gasteiger partial charge on any atom is -0.454 e. The molecule has 0 aromatic heterocycles. The number of hydrogen-bond donors (Lipinski definition) is 2. The molecule has 0 aliphatic rings. The molecule has 0 saturated heterocycles. The van der Waals surface area contributed by atoms with Crippen LogP contribution >= 0.6 is 0 Å². The molecular weight excluding hydrogens is 426 g/mol. The van der Waals surface area contributed by atoms with Crippen LogP contribution in [0.1, 0.15) is 27.5 Å². The van der Waals surface area contributed by atoms with Crippen molar-refractivity contribution in [3.8, 4) is 0 Å². The van der Waals surface area contributed by atoms with Crippen LogP contribution in [-0.2, 0) is 14.3 Å². The average Bonchev–Trinajstić information content (AvgIpc) is 2.83. The second-order valence-electron chi connectivity index (χ2n) is 7.05. The number of anilines is 1. The number of benzene rings is 3. The van der Waals surface area contributed by atoms with Gasteiger partial charge in [-0.3, -0.25) is 19.7 Å². The molecule has 9 nitrogen and oxygen atoms in total. The Kier molecular flexibility index (Phi) is 7.48. The Balaban J connectivity index is 1.68. The summed E-state index contributed by atoms with van der Waals surface area (Å²) in [4.78, 5) is 48.2. The molecule has 33 heavy (non-hydrogen) atoms. The van der Waals surface area contributed by atoms with Gasteiger partial charge in [0.2, 0.25) is 0 Å². The minimum absolute atomic E-state index is 0.141. The van der Waals surface area contributed by atoms with Crippen molar-refractivity contribution < 1.29 is 24.0 Å². The first kappa shape index (κ1) is 23.1. The molecule has 3 aromatic carbocycles. The first-order chi connectivity index (χ1) is 15.9. The van der Waals surface area contributed by atoms with Gasteiger partial charge in [0.1, 0.15) is 0 Å². The third-order valence-corrected chi connectivity index (χ3v) is 4.80. The summed E-state index contributed by atoms with van der Waals surface area (Å²) >= 11 is 0. The van der Waals surface area contributed by atoms with Crippen LogP contribution in [0.15, 0.2) is 78.9 Å². The van der Waals surface area contributed by atoms with Gasteiger partial charge in [0, 0.05) is 11.6 Å². The summed E-state index contributed by atoms with van der Waals surface area (Å²) in [7, 11) is 0. The van der Waals surface area contributed by atoms with Crippen LogP contribution < -0.4 is 10.6 Å². The second-order valence-corrected chi connectivity index (χ2v) is 7.05. The number of carbonyl (C=O) groups is 3. The van der Waals surface area contributed by atoms with E-state index in [1.165, 1.54) is 25.1 Å². The van der Waals surface area contributed by atoms with Gasteiger partial charge in [0.15, 0.2) is 12.6 Å². The Morgan fingerprint density at radius 1 is 0.939 bits per heavy atom. The summed E-state index contributed by atoms with van der Waals surface area (Å²) < 4.78 is 5.15. The van der Waals surface area contributed by atoms with Gasteiger partial charge in [-0.05, 0) is 30.7 Å². The zero-order valence-electron chi connectivity index (χ0n) is 17.7. The van der Waals surface area contributed by atoms with Gasteiger partial charge in [-0.1, -0.05) is 54.6 Å². The van der Waals surface area contributed by atoms with E-state index in [0.29, 0.717) is 11.1 Å². The summed E-state index contributed by atoms with van der Waals surface area (Å²) in [5.74, 6) is -1.97. The predicted octanol–water partition coefficient (Wildman–Crippen LogP) is 3.56. The summed E-state index contributed by atoms with van der Waals surface area (Å²) in [6.07, 6.45) is 0. The fraction of sp³-hybridized carbons (Fsp3) is 0.125. The monoisotopic (exact) mass is 447 g/mol. The number of ether oxygens (including phenoxy) is 1. The van der Waals surface area contributed by atoms with Crippen molar-refractivity contribution in [3.63, 3.8) is 0 Å². The lowest BCUT2D eigenvalue weighted by atomic mass is 10.1. The molecule has 0 bridgehead atoms. The van der Waals surface area contributed by atoms with E-state index in [-0.39, 0.29) is 16.9 Å². The van der Waals surface area contributed by atoms with Crippen LogP contribution in [0.2, 0.25) is 0 Å². The Labute approximate surface area is 189 Å². The van der Waals surface area contributed by atoms with Gasteiger partial charge < -0.3 is 15.4 Å². The van der Waals surface area contributed by atoms with E-state index in [4.69, 9.17) is 4.74 Å². The van der Waals surface area contributed by atoms with Gasteiger partial charge in [0.25, 0.3) is 17.5 Å². The topological polar surface area (TPSA) is 128 Å². The van der Waals surface area contributed by atoms with Gasteiger partial charge in [0.05, 0.1) is 16.2 Å². The molecule has 1 unspecified atom stereocenters. The maximum Gasteiger partial charge on any atom is 0.333 e. The number of nitro benzene ring substituents is 1. The number of nitro groups is 1. The molecule has 0 aliphatic carbocycles. The second kappa shape index (κ2) is 10.7. The Morgan fingerprint density at radius 2 is 1.58 bits per heavy atom. The maximum absolute atomic E-state index is 12.8. The van der Waals surface area contributed by atoms with E-state index in [1.54, 1.807) is 60.7 Å². The van der Waals surface area contributed by atoms with Gasteiger partial charge >= 0.3 is 5.97 Å². The molecule has 2 N–H and O–H groups in total. The highest BCUT2D eigenvalue weighted by atomic mass is 16.6. The fourth-order valence-electron chi connectivity index (χ4n) is 3.09. The summed E-state index contributed by atoms with van der Waals surface area (Å²) in [6.45, 7) is 0.871. The maximum atomic E-state index is 12.8. The van der Waals surface area contributed by atoms with Gasteiger partial charge in [-0.2, -0.15) is 0 Å². The van der Waals surface area contributed by atoms with E-state index in [2.05, 4.69) is 10.6 Å². The molecule has 0 saturated carbocycles. The number of esters is 1. The van der Waals surface area contributed by atoms with Crippen LogP contribution in [0.5, 0.6) is 0 Å². The molecular formula is C24H21N3O6. The van der Waals surface area contributed by atoms with E-state index in [1.807, 2.05) is 0 Å². The van der Waals surface area contributed by atoms with Gasteiger partial charge in [-0.15, -0.1) is 0 Å². The molecule has 0 heterocycles. The standard InChI is InChI=1S/C24H21N3O6/c1-16-19(13-8-14-20(16)27(31)32)25-21(28)15-33-24(30)22(17-9-4-2-5-10-17)26-23(29)18-11-6-3-7-12-18/h2-14,22H,15H2,1H3,(H,25,28)(H,26,29). The number of rotatable bonds is 8. The lowest BCUT2D eigenvalue weighted by molar-refractivity contribution is -0.385. The molecule has 0 aliphatic heterocycles. The minimum atomic E-state index is -1.13. The zero-order valence-corrected chi connectivity index (χ0v) is 17.7. The Morgan fingerprint density at radius 3 is 2.21 bits per heavy atom. The zero-order chi connectivity index (χ0) is 23.8. The average molecular weight is 447 g/mol. The summed E-state index contributed by atoms with van der Waals surface area (Å²) in [5, 5.41) is 16.2. The van der Waals surface area contributed by atoms with Crippen LogP contribution in [0, 0.1) is 17.0 Å². The number of amides is 2. The number of nitrogens with zero attached hydrogens (tertiary/aromatic N) is 1. The van der Waals surface area contributed by atoms with E-state index >= 15 is 0 Å². The van der Waals surface area contributed by atoms with Crippen LogP contribution in [-0.4, -0.2) is 29.3 Å². The normalized spacial score (nSPS) is 11.2. The highest BCUT2D eigenvalue weighted by Crippen LogP contribution is 2.25. The molecule has 0 radical (unpaired) electrons. The predicted molar refractivity (Wildman–Crippen MR) is 121 cm³/mol. The molecule has 3 aromatic rings. The van der Waals surface area contributed by atoms with Crippen molar-refractivity contribution in [1.82, 2.24) is 5.32 Å². The van der Waals surface area contributed by atoms with E-state index < -0.39 is 35.4 Å². The van der Waals surface area contributed by atoms with Crippen molar-refractivity contribution in [2.45, 2.75) is 13.0 Å². The molecule has 1 atom stereocenters. The molecule has 3 rings (SSSR count). The Bertz CT molecular complexity index is 1170. The molecule has 2 amide bonds. The lowest BCUT2D eigenvalue weighted by Crippen LogP contribution is -2.36. The fourth-order valence-corrected chi connectivity index (χ4v) is 3.09. The largest absolute Gasteiger partial charge is 0.454 e. The number of nitrogens with one attached hydrogen (secondary N) is 2. The first-order valence-corrected chi connectivity index (χ1v) is 9.98. The Hall–Kier alpha value is -4.53. The number of hydrogen-bond acceptors (Lipinski definition) is 6. The third kappa shape index (κ3) is 6.01. The van der Waals surface area contributed by atoms with E-state index in [0.717, 1.165) is 0 Å². The molecule has 168 valence electrons. The van der Waals surface area contributed by atoms with Crippen molar-refractivity contribution in [2.75, 3.05) is 11.9 Å². The quantitative estimate of drug-likeness (QED) is 0.309. The molecule has 9 heteroatoms. The number of carbonyl (C=O) groups excluding carboxylic acids is 3. The highest BCUT2D eigenvalue weighted by molar-refractivity contribution is 5.98. The third-order valence-electron chi connectivity index (χ3n) is 4.80. The van der Waals surface area contributed by atoms with E-state index in [9.17, 15) is 24.5 Å². The SMILES string of the molecule is Cc1c(NC(=O)COC(=O)C(NC(=O)c2ccccc2)c2ccccc2)cccc1[N+](=O)[O-]. The van der Waals surface area contributed by atoms with Crippen LogP contribution in [0.3, 0.4) is 0 Å². The molecule has 0 spiro atoms. The molecule has 0 fully saturated rings. The smallest absolute Gasteiger partial charge is 0.333 e. The van der Waals surface area contributed by atoms with Crippen molar-refractivity contribution in [1.29, 1.82) is 0 Å². The first-order valence-electron chi connectivity index (χ1n) is 9.98. The highest BCUT2D eigenvalue weighted by Gasteiger charge is 2.25. The lowest BCUT2D eigenvalue weighted by Gasteiger charge is -2.18. The summed E-state index contributed by atoms with van der Waals surface area (Å²) in [6, 6.07) is 20.0. The van der Waals surface area contributed by atoms with Crippen molar-refractivity contribution in [3.05, 3.63) is 106 Å². The van der Waals surface area contributed by atoms with Crippen LogP contribution in [0.25, 0.3) is 0 Å². The van der Waals surface area contributed by atoms with Crippen molar-refractivity contribution >= 4 is 29.2 Å². The van der Waals surface area contributed by atoms with Crippen LogP contribution in [0.4, 0.5) is 11.4 Å². The van der Waals surface area contributed by atoms with Gasteiger partial charge in [-0.25, -0.2) is 4.79 Å².